The summed E-state index contributed by atoms with van der Waals surface area (Å²) < 4.78 is 34.4. The van der Waals surface area contributed by atoms with E-state index >= 15 is 0 Å². The maximum Gasteiger partial charge on any atom is 0.236 e. The van der Waals surface area contributed by atoms with Crippen LogP contribution in [0, 0.1) is 0 Å². The van der Waals surface area contributed by atoms with E-state index in [-0.39, 0.29) is 9.92 Å². The Bertz CT molecular complexity index is 1090. The van der Waals surface area contributed by atoms with Gasteiger partial charge in [0.05, 0.1) is 10.5 Å². The lowest BCUT2D eigenvalue weighted by molar-refractivity contribution is 0.499. The fourth-order valence-corrected chi connectivity index (χ4v) is 5.29. The predicted molar refractivity (Wildman–Crippen MR) is 115 cm³/mol. The van der Waals surface area contributed by atoms with Gasteiger partial charge in [-0.1, -0.05) is 28.1 Å². The van der Waals surface area contributed by atoms with E-state index in [2.05, 4.69) is 36.8 Å². The summed E-state index contributed by atoms with van der Waals surface area (Å²) >= 11 is 6.84. The molecular formula is C20H18Br2N2O3S. The summed E-state index contributed by atoms with van der Waals surface area (Å²) in [5.41, 5.74) is 0.720. The van der Waals surface area contributed by atoms with Crippen LogP contribution in [0.5, 0.6) is 0 Å². The number of sulfone groups is 1. The molecule has 4 rings (SSSR count). The number of rotatable bonds is 4. The predicted octanol–water partition coefficient (Wildman–Crippen LogP) is 5.69. The number of halogens is 2. The van der Waals surface area contributed by atoms with Crippen LogP contribution in [0.2, 0.25) is 0 Å². The van der Waals surface area contributed by atoms with Crippen LogP contribution in [0.4, 0.5) is 5.88 Å². The summed E-state index contributed by atoms with van der Waals surface area (Å²) in [5.74, 6) is 0.622. The molecule has 0 radical (unpaired) electrons. The minimum Gasteiger partial charge on any atom is -0.419 e. The zero-order valence-corrected chi connectivity index (χ0v) is 18.9. The first-order valence-corrected chi connectivity index (χ1v) is 12.0. The highest BCUT2D eigenvalue weighted by molar-refractivity contribution is 9.10. The van der Waals surface area contributed by atoms with Gasteiger partial charge in [0.15, 0.2) is 0 Å². The Morgan fingerprint density at radius 3 is 2.29 bits per heavy atom. The molecule has 0 N–H and O–H groups in total. The highest BCUT2D eigenvalue weighted by Crippen LogP contribution is 2.37. The molecular weight excluding hydrogens is 508 g/mol. The monoisotopic (exact) mass is 524 g/mol. The van der Waals surface area contributed by atoms with Gasteiger partial charge in [-0.2, -0.15) is 4.98 Å². The maximum atomic E-state index is 13.4. The summed E-state index contributed by atoms with van der Waals surface area (Å²) in [6.45, 7) is 1.51. The zero-order valence-electron chi connectivity index (χ0n) is 14.9. The van der Waals surface area contributed by atoms with Crippen LogP contribution in [0.3, 0.4) is 0 Å². The fourth-order valence-electron chi connectivity index (χ4n) is 3.25. The van der Waals surface area contributed by atoms with E-state index < -0.39 is 9.84 Å². The third-order valence-corrected chi connectivity index (χ3v) is 7.59. The lowest BCUT2D eigenvalue weighted by Crippen LogP contribution is -2.30. The Morgan fingerprint density at radius 2 is 1.61 bits per heavy atom. The van der Waals surface area contributed by atoms with Crippen LogP contribution in [-0.2, 0) is 9.84 Å². The molecule has 1 fully saturated rings. The number of nitrogens with zero attached hydrogens (tertiary/aromatic N) is 2. The molecule has 5 nitrogen and oxygen atoms in total. The molecule has 0 atom stereocenters. The third-order valence-electron chi connectivity index (χ3n) is 4.71. The molecule has 0 spiro atoms. The molecule has 0 saturated carbocycles. The SMILES string of the molecule is O=S(=O)(c1ccc(Br)cc1)c1nc(-c2ccccc2Br)oc1N1CCCCC1. The van der Waals surface area contributed by atoms with E-state index in [0.717, 1.165) is 46.9 Å². The van der Waals surface area contributed by atoms with Gasteiger partial charge >= 0.3 is 0 Å². The topological polar surface area (TPSA) is 63.4 Å². The lowest BCUT2D eigenvalue weighted by Gasteiger charge is -2.26. The second kappa shape index (κ2) is 8.00. The first-order valence-electron chi connectivity index (χ1n) is 8.98. The van der Waals surface area contributed by atoms with Gasteiger partial charge in [-0.15, -0.1) is 0 Å². The number of anilines is 1. The van der Waals surface area contributed by atoms with Crippen LogP contribution >= 0.6 is 31.9 Å². The van der Waals surface area contributed by atoms with Crippen LogP contribution in [0.15, 0.2) is 71.8 Å². The van der Waals surface area contributed by atoms with Crippen molar-refractivity contribution in [2.75, 3.05) is 18.0 Å². The van der Waals surface area contributed by atoms with Crippen molar-refractivity contribution >= 4 is 47.6 Å². The zero-order chi connectivity index (χ0) is 19.7. The van der Waals surface area contributed by atoms with Crippen molar-refractivity contribution in [3.8, 4) is 11.5 Å². The molecule has 1 aliphatic heterocycles. The molecule has 1 aromatic heterocycles. The second-order valence-electron chi connectivity index (χ2n) is 6.61. The Hall–Kier alpha value is -1.64. The molecule has 0 amide bonds. The number of benzene rings is 2. The fraction of sp³-hybridized carbons (Fsp3) is 0.250. The molecule has 1 saturated heterocycles. The van der Waals surface area contributed by atoms with Crippen LogP contribution < -0.4 is 4.90 Å². The minimum atomic E-state index is -3.82. The molecule has 8 heteroatoms. The van der Waals surface area contributed by atoms with Gasteiger partial charge in [0.1, 0.15) is 0 Å². The normalized spacial score (nSPS) is 15.0. The van der Waals surface area contributed by atoms with Gasteiger partial charge in [-0.05, 0) is 71.6 Å². The number of piperidine rings is 1. The van der Waals surface area contributed by atoms with E-state index in [9.17, 15) is 8.42 Å². The molecule has 0 unspecified atom stereocenters. The van der Waals surface area contributed by atoms with Gasteiger partial charge in [0.25, 0.3) is 0 Å². The second-order valence-corrected chi connectivity index (χ2v) is 10.2. The van der Waals surface area contributed by atoms with E-state index in [1.165, 1.54) is 0 Å². The Kier molecular flexibility index (Phi) is 5.62. The molecule has 0 aliphatic carbocycles. The van der Waals surface area contributed by atoms with Crippen molar-refractivity contribution in [3.63, 3.8) is 0 Å². The first-order chi connectivity index (χ1) is 13.5. The average Bonchev–Trinajstić information content (AvgIpc) is 3.15. The molecule has 2 heterocycles. The van der Waals surface area contributed by atoms with Crippen molar-refractivity contribution < 1.29 is 12.8 Å². The van der Waals surface area contributed by atoms with Crippen molar-refractivity contribution in [1.82, 2.24) is 4.98 Å². The highest BCUT2D eigenvalue weighted by atomic mass is 79.9. The average molecular weight is 526 g/mol. The molecule has 3 aromatic rings. The van der Waals surface area contributed by atoms with Gasteiger partial charge in [-0.3, -0.25) is 0 Å². The number of hydrogen-bond donors (Lipinski definition) is 0. The minimum absolute atomic E-state index is 0.0255. The van der Waals surface area contributed by atoms with Crippen molar-refractivity contribution in [3.05, 3.63) is 57.5 Å². The van der Waals surface area contributed by atoms with Gasteiger partial charge in [0, 0.05) is 22.0 Å². The number of aromatic nitrogens is 1. The highest BCUT2D eigenvalue weighted by Gasteiger charge is 2.32. The summed E-state index contributed by atoms with van der Waals surface area (Å²) in [6.07, 6.45) is 3.14. The van der Waals surface area contributed by atoms with Crippen LogP contribution in [0.25, 0.3) is 11.5 Å². The summed E-state index contributed by atoms with van der Waals surface area (Å²) in [7, 11) is -3.82. The summed E-state index contributed by atoms with van der Waals surface area (Å²) in [4.78, 5) is 6.63. The van der Waals surface area contributed by atoms with Gasteiger partial charge in [0.2, 0.25) is 26.6 Å². The molecule has 2 aromatic carbocycles. The first kappa shape index (κ1) is 19.7. The van der Waals surface area contributed by atoms with Crippen LogP contribution in [0.1, 0.15) is 19.3 Å². The Labute approximate surface area is 180 Å². The molecule has 28 heavy (non-hydrogen) atoms. The Balaban J connectivity index is 1.87. The quantitative estimate of drug-likeness (QED) is 0.437. The van der Waals surface area contributed by atoms with Crippen LogP contribution in [-0.4, -0.2) is 26.5 Å². The lowest BCUT2D eigenvalue weighted by atomic mass is 10.1. The summed E-state index contributed by atoms with van der Waals surface area (Å²) in [6, 6.07) is 14.1. The maximum absolute atomic E-state index is 13.4. The van der Waals surface area contributed by atoms with Crippen molar-refractivity contribution in [1.29, 1.82) is 0 Å². The smallest absolute Gasteiger partial charge is 0.236 e. The largest absolute Gasteiger partial charge is 0.419 e. The van der Waals surface area contributed by atoms with Gasteiger partial charge in [-0.25, -0.2) is 8.42 Å². The van der Waals surface area contributed by atoms with Gasteiger partial charge < -0.3 is 9.32 Å². The van der Waals surface area contributed by atoms with Crippen molar-refractivity contribution in [2.24, 2.45) is 0 Å². The van der Waals surface area contributed by atoms with Crippen molar-refractivity contribution in [2.45, 2.75) is 29.2 Å². The molecule has 1 aliphatic rings. The van der Waals surface area contributed by atoms with E-state index in [1.807, 2.05) is 29.2 Å². The van der Waals surface area contributed by atoms with E-state index in [0.29, 0.717) is 11.8 Å². The molecule has 0 bridgehead atoms. The Morgan fingerprint density at radius 1 is 0.929 bits per heavy atom. The van der Waals surface area contributed by atoms with E-state index in [1.54, 1.807) is 24.3 Å². The van der Waals surface area contributed by atoms with E-state index in [4.69, 9.17) is 4.42 Å². The number of oxazole rings is 1. The molecule has 146 valence electrons. The number of hydrogen-bond acceptors (Lipinski definition) is 5. The third kappa shape index (κ3) is 3.77. The standard InChI is InChI=1S/C20H18Br2N2O3S/c21-14-8-10-15(11-9-14)28(25,26)19-20(24-12-4-1-5-13-24)27-18(23-19)16-6-2-3-7-17(16)22/h2-3,6-11H,1,4-5,12-13H2. The summed E-state index contributed by atoms with van der Waals surface area (Å²) in [5, 5.41) is -0.0255.